The van der Waals surface area contributed by atoms with E-state index in [4.69, 9.17) is 4.74 Å². The first-order valence-corrected chi connectivity index (χ1v) is 6.29. The molecule has 1 aromatic heterocycles. The minimum absolute atomic E-state index is 0.836. The van der Waals surface area contributed by atoms with Crippen LogP contribution in [0.3, 0.4) is 0 Å². The molecule has 3 rings (SSSR count). The maximum atomic E-state index is 5.23. The van der Waals surface area contributed by atoms with Crippen molar-refractivity contribution in [1.29, 1.82) is 0 Å². The number of methoxy groups -OCH3 is 1. The van der Waals surface area contributed by atoms with Crippen molar-refractivity contribution in [2.45, 2.75) is 13.8 Å². The third kappa shape index (κ3) is 2.08. The minimum atomic E-state index is 0.836. The summed E-state index contributed by atoms with van der Waals surface area (Å²) in [6.45, 7) is 4.20. The Hall–Kier alpha value is -2.29. The van der Waals surface area contributed by atoms with Crippen molar-refractivity contribution < 1.29 is 4.74 Å². The van der Waals surface area contributed by atoms with Crippen LogP contribution in [0.4, 0.5) is 0 Å². The highest BCUT2D eigenvalue weighted by Crippen LogP contribution is 2.26. The summed E-state index contributed by atoms with van der Waals surface area (Å²) in [7, 11) is 1.67. The molecule has 0 fully saturated rings. The van der Waals surface area contributed by atoms with Crippen molar-refractivity contribution in [1.82, 2.24) is 9.97 Å². The van der Waals surface area contributed by atoms with Gasteiger partial charge in [0.1, 0.15) is 11.6 Å². The van der Waals surface area contributed by atoms with Gasteiger partial charge in [-0.15, -0.1) is 0 Å². The molecule has 0 saturated heterocycles. The summed E-state index contributed by atoms with van der Waals surface area (Å²) in [5.41, 5.74) is 5.58. The fourth-order valence-electron chi connectivity index (χ4n) is 2.32. The number of nitrogens with zero attached hydrogens (tertiary/aromatic N) is 1. The molecule has 0 radical (unpaired) electrons. The van der Waals surface area contributed by atoms with Gasteiger partial charge in [-0.3, -0.25) is 0 Å². The van der Waals surface area contributed by atoms with Crippen LogP contribution in [-0.2, 0) is 0 Å². The van der Waals surface area contributed by atoms with Crippen molar-refractivity contribution in [3.05, 3.63) is 47.5 Å². The number of benzene rings is 2. The van der Waals surface area contributed by atoms with E-state index < -0.39 is 0 Å². The lowest BCUT2D eigenvalue weighted by Gasteiger charge is -2.03. The summed E-state index contributed by atoms with van der Waals surface area (Å²) in [5.74, 6) is 1.74. The fourth-order valence-corrected chi connectivity index (χ4v) is 2.32. The second-order valence-corrected chi connectivity index (χ2v) is 4.79. The molecule has 3 nitrogen and oxygen atoms in total. The number of aromatic amines is 1. The zero-order chi connectivity index (χ0) is 13.4. The second kappa shape index (κ2) is 4.43. The first kappa shape index (κ1) is 11.8. The van der Waals surface area contributed by atoms with Crippen LogP contribution in [0.25, 0.3) is 22.4 Å². The number of H-pyrrole nitrogens is 1. The zero-order valence-corrected chi connectivity index (χ0v) is 11.3. The van der Waals surface area contributed by atoms with Gasteiger partial charge in [-0.05, 0) is 31.5 Å². The molecule has 0 saturated carbocycles. The van der Waals surface area contributed by atoms with Crippen LogP contribution in [0.2, 0.25) is 0 Å². The smallest absolute Gasteiger partial charge is 0.138 e. The molecule has 0 unspecified atom stereocenters. The number of ether oxygens (including phenoxy) is 1. The Morgan fingerprint density at radius 3 is 2.63 bits per heavy atom. The first-order chi connectivity index (χ1) is 9.17. The molecule has 1 N–H and O–H groups in total. The van der Waals surface area contributed by atoms with Crippen LogP contribution in [0.1, 0.15) is 11.1 Å². The van der Waals surface area contributed by atoms with E-state index in [-0.39, 0.29) is 0 Å². The van der Waals surface area contributed by atoms with Gasteiger partial charge in [-0.1, -0.05) is 23.8 Å². The number of hydrogen-bond donors (Lipinski definition) is 1. The maximum Gasteiger partial charge on any atom is 0.138 e. The first-order valence-electron chi connectivity index (χ1n) is 6.29. The third-order valence-electron chi connectivity index (χ3n) is 3.33. The lowest BCUT2D eigenvalue weighted by Crippen LogP contribution is -1.86. The molecule has 0 spiro atoms. The quantitative estimate of drug-likeness (QED) is 0.752. The van der Waals surface area contributed by atoms with Crippen molar-refractivity contribution in [3.63, 3.8) is 0 Å². The molecule has 1 heterocycles. The van der Waals surface area contributed by atoms with Crippen LogP contribution in [0, 0.1) is 13.8 Å². The van der Waals surface area contributed by atoms with E-state index in [2.05, 4.69) is 42.0 Å². The van der Waals surface area contributed by atoms with Gasteiger partial charge >= 0.3 is 0 Å². The zero-order valence-electron chi connectivity index (χ0n) is 11.3. The molecule has 2 aromatic carbocycles. The number of hydrogen-bond acceptors (Lipinski definition) is 2. The molecular formula is C16H16N2O. The number of aromatic nitrogens is 2. The number of imidazole rings is 1. The van der Waals surface area contributed by atoms with Gasteiger partial charge in [0.25, 0.3) is 0 Å². The van der Waals surface area contributed by atoms with Gasteiger partial charge in [-0.25, -0.2) is 4.98 Å². The molecule has 19 heavy (non-hydrogen) atoms. The van der Waals surface area contributed by atoms with Crippen LogP contribution < -0.4 is 4.74 Å². The monoisotopic (exact) mass is 252 g/mol. The summed E-state index contributed by atoms with van der Waals surface area (Å²) < 4.78 is 5.23. The number of nitrogens with one attached hydrogen (secondary N) is 1. The van der Waals surface area contributed by atoms with Crippen LogP contribution in [0.15, 0.2) is 36.4 Å². The molecule has 0 aliphatic rings. The number of fused-ring (bicyclic) bond motifs is 1. The normalized spacial score (nSPS) is 10.9. The fraction of sp³-hybridized carbons (Fsp3) is 0.188. The molecular weight excluding hydrogens is 236 g/mol. The second-order valence-electron chi connectivity index (χ2n) is 4.79. The molecule has 3 aromatic rings. The van der Waals surface area contributed by atoms with Crippen molar-refractivity contribution in [2.75, 3.05) is 7.11 Å². The third-order valence-corrected chi connectivity index (χ3v) is 3.33. The summed E-state index contributed by atoms with van der Waals surface area (Å²) in [6, 6.07) is 12.3. The molecule has 3 heteroatoms. The maximum absolute atomic E-state index is 5.23. The average molecular weight is 252 g/mol. The highest BCUT2D eigenvalue weighted by Gasteiger charge is 2.08. The highest BCUT2D eigenvalue weighted by molar-refractivity contribution is 5.81. The van der Waals surface area contributed by atoms with E-state index in [1.807, 2.05) is 18.2 Å². The van der Waals surface area contributed by atoms with Gasteiger partial charge < -0.3 is 9.72 Å². The molecule has 0 amide bonds. The van der Waals surface area contributed by atoms with Gasteiger partial charge in [0, 0.05) is 11.6 Å². The van der Waals surface area contributed by atoms with Crippen molar-refractivity contribution in [2.24, 2.45) is 0 Å². The molecule has 0 bridgehead atoms. The van der Waals surface area contributed by atoms with E-state index in [9.17, 15) is 0 Å². The van der Waals surface area contributed by atoms with Crippen molar-refractivity contribution >= 4 is 11.0 Å². The SMILES string of the molecule is COc1ccc2nc(-c3ccc(C)cc3C)[nH]c2c1. The van der Waals surface area contributed by atoms with E-state index in [0.29, 0.717) is 0 Å². The highest BCUT2D eigenvalue weighted by atomic mass is 16.5. The van der Waals surface area contributed by atoms with Gasteiger partial charge in [-0.2, -0.15) is 0 Å². The summed E-state index contributed by atoms with van der Waals surface area (Å²) in [5, 5.41) is 0. The van der Waals surface area contributed by atoms with E-state index in [1.54, 1.807) is 7.11 Å². The predicted molar refractivity (Wildman–Crippen MR) is 77.6 cm³/mol. The lowest BCUT2D eigenvalue weighted by molar-refractivity contribution is 0.415. The number of rotatable bonds is 2. The standard InChI is InChI=1S/C16H16N2O/c1-10-4-6-13(11(2)8-10)16-17-14-7-5-12(19-3)9-15(14)18-16/h4-9H,1-3H3,(H,17,18). The molecule has 96 valence electrons. The van der Waals surface area contributed by atoms with Crippen molar-refractivity contribution in [3.8, 4) is 17.1 Å². The Morgan fingerprint density at radius 1 is 1.05 bits per heavy atom. The van der Waals surface area contributed by atoms with Crippen LogP contribution in [-0.4, -0.2) is 17.1 Å². The summed E-state index contributed by atoms with van der Waals surface area (Å²) in [4.78, 5) is 7.99. The Labute approximate surface area is 112 Å². The Morgan fingerprint density at radius 2 is 1.89 bits per heavy atom. The van der Waals surface area contributed by atoms with Gasteiger partial charge in [0.2, 0.25) is 0 Å². The Kier molecular flexibility index (Phi) is 2.75. The van der Waals surface area contributed by atoms with Gasteiger partial charge in [0.05, 0.1) is 18.1 Å². The van der Waals surface area contributed by atoms with Crippen LogP contribution >= 0.6 is 0 Å². The lowest BCUT2D eigenvalue weighted by atomic mass is 10.1. The van der Waals surface area contributed by atoms with Gasteiger partial charge in [0.15, 0.2) is 0 Å². The topological polar surface area (TPSA) is 37.9 Å². The van der Waals surface area contributed by atoms with Crippen LogP contribution in [0.5, 0.6) is 5.75 Å². The largest absolute Gasteiger partial charge is 0.497 e. The van der Waals surface area contributed by atoms with E-state index in [0.717, 1.165) is 28.2 Å². The van der Waals surface area contributed by atoms with E-state index in [1.165, 1.54) is 11.1 Å². The average Bonchev–Trinajstić information content (AvgIpc) is 2.80. The number of aryl methyl sites for hydroxylation is 2. The molecule has 0 aliphatic carbocycles. The molecule has 0 atom stereocenters. The Bertz CT molecular complexity index is 744. The molecule has 0 aliphatic heterocycles. The van der Waals surface area contributed by atoms with E-state index >= 15 is 0 Å². The summed E-state index contributed by atoms with van der Waals surface area (Å²) in [6.07, 6.45) is 0. The summed E-state index contributed by atoms with van der Waals surface area (Å²) >= 11 is 0. The minimum Gasteiger partial charge on any atom is -0.497 e. The Balaban J connectivity index is 2.14. The predicted octanol–water partition coefficient (Wildman–Crippen LogP) is 3.86.